The molecule has 0 amide bonds. The van der Waals surface area contributed by atoms with E-state index in [1.165, 1.54) is 24.2 Å². The molecule has 1 aromatic carbocycles. The van der Waals surface area contributed by atoms with Gasteiger partial charge in [-0.3, -0.25) is 4.72 Å². The fourth-order valence-electron chi connectivity index (χ4n) is 3.07. The zero-order valence-electron chi connectivity index (χ0n) is 15.0. The first-order valence-electron chi connectivity index (χ1n) is 8.42. The average molecular weight is 415 g/mol. The normalized spacial score (nSPS) is 16.4. The van der Waals surface area contributed by atoms with Gasteiger partial charge in [-0.05, 0) is 44.9 Å². The molecule has 1 fully saturated rings. The Bertz CT molecular complexity index is 1030. The van der Waals surface area contributed by atoms with Crippen LogP contribution in [0, 0.1) is 13.8 Å². The summed E-state index contributed by atoms with van der Waals surface area (Å²) in [6.07, 6.45) is 2.54. The molecule has 9 nitrogen and oxygen atoms in total. The zero-order chi connectivity index (χ0) is 19.8. The molecular weight excluding hydrogens is 394 g/mol. The maximum Gasteiger partial charge on any atom is 0.267 e. The van der Waals surface area contributed by atoms with Crippen LogP contribution in [-0.4, -0.2) is 44.5 Å². The van der Waals surface area contributed by atoms with Gasteiger partial charge in [0.05, 0.1) is 10.6 Å². The van der Waals surface area contributed by atoms with Gasteiger partial charge in [0, 0.05) is 13.1 Å². The Morgan fingerprint density at radius 2 is 1.78 bits per heavy atom. The van der Waals surface area contributed by atoms with Crippen LogP contribution in [0.2, 0.25) is 0 Å². The lowest BCUT2D eigenvalue weighted by Crippen LogP contribution is -2.35. The Balaban J connectivity index is 1.97. The van der Waals surface area contributed by atoms with Gasteiger partial charge in [-0.2, -0.15) is 4.31 Å². The molecule has 1 aliphatic rings. The first kappa shape index (κ1) is 19.6. The number of hydrogen-bond acceptors (Lipinski definition) is 7. The number of aromatic nitrogens is 1. The lowest BCUT2D eigenvalue weighted by Gasteiger charge is -2.26. The van der Waals surface area contributed by atoms with Gasteiger partial charge < -0.3 is 9.63 Å². The molecule has 0 radical (unpaired) electrons. The standard InChI is InChI=1S/C16H21N3O6S2/c1-11-16(12(2)25-17-11)26(21,22)18-14-10-13(6-7-15(14)20)27(23,24)19-8-4-3-5-9-19/h6-7,10,18,20H,3-5,8-9H2,1-2H3. The molecule has 1 saturated heterocycles. The molecule has 0 bridgehead atoms. The monoisotopic (exact) mass is 415 g/mol. The topological polar surface area (TPSA) is 130 Å². The van der Waals surface area contributed by atoms with Crippen molar-refractivity contribution in [2.75, 3.05) is 17.8 Å². The quantitative estimate of drug-likeness (QED) is 0.714. The van der Waals surface area contributed by atoms with Gasteiger partial charge in [-0.25, -0.2) is 16.8 Å². The van der Waals surface area contributed by atoms with Crippen molar-refractivity contribution in [2.24, 2.45) is 0 Å². The highest BCUT2D eigenvalue weighted by atomic mass is 32.2. The molecule has 27 heavy (non-hydrogen) atoms. The largest absolute Gasteiger partial charge is 0.506 e. The molecule has 0 atom stereocenters. The minimum Gasteiger partial charge on any atom is -0.506 e. The van der Waals surface area contributed by atoms with E-state index in [0.717, 1.165) is 31.4 Å². The summed E-state index contributed by atoms with van der Waals surface area (Å²) in [5, 5.41) is 13.6. The summed E-state index contributed by atoms with van der Waals surface area (Å²) in [6.45, 7) is 3.76. The number of nitrogens with one attached hydrogen (secondary N) is 1. The van der Waals surface area contributed by atoms with E-state index in [1.807, 2.05) is 0 Å². The van der Waals surface area contributed by atoms with E-state index in [2.05, 4.69) is 9.88 Å². The van der Waals surface area contributed by atoms with Gasteiger partial charge >= 0.3 is 0 Å². The number of anilines is 1. The van der Waals surface area contributed by atoms with Crippen LogP contribution in [0.1, 0.15) is 30.7 Å². The summed E-state index contributed by atoms with van der Waals surface area (Å²) < 4.78 is 59.3. The van der Waals surface area contributed by atoms with Crippen molar-refractivity contribution in [3.8, 4) is 5.75 Å². The Hall–Kier alpha value is -2.11. The average Bonchev–Trinajstić information content (AvgIpc) is 2.96. The summed E-state index contributed by atoms with van der Waals surface area (Å²) in [4.78, 5) is -0.232. The zero-order valence-corrected chi connectivity index (χ0v) is 16.6. The summed E-state index contributed by atoms with van der Waals surface area (Å²) in [7, 11) is -7.89. The molecule has 0 saturated carbocycles. The first-order chi connectivity index (χ1) is 12.6. The number of benzene rings is 1. The van der Waals surface area contributed by atoms with Crippen LogP contribution in [-0.2, 0) is 20.0 Å². The number of nitrogens with zero attached hydrogens (tertiary/aromatic N) is 2. The molecule has 3 rings (SSSR count). The van der Waals surface area contributed by atoms with E-state index >= 15 is 0 Å². The maximum atomic E-state index is 12.8. The number of rotatable bonds is 5. The number of sulfonamides is 2. The van der Waals surface area contributed by atoms with Crippen LogP contribution in [0.25, 0.3) is 0 Å². The molecule has 2 heterocycles. The van der Waals surface area contributed by atoms with Gasteiger partial charge in [0.2, 0.25) is 10.0 Å². The first-order valence-corrected chi connectivity index (χ1v) is 11.3. The molecule has 1 aromatic heterocycles. The fourth-order valence-corrected chi connectivity index (χ4v) is 6.01. The third kappa shape index (κ3) is 3.80. The number of phenols is 1. The number of aryl methyl sites for hydroxylation is 2. The fraction of sp³-hybridized carbons (Fsp3) is 0.438. The molecule has 11 heteroatoms. The van der Waals surface area contributed by atoms with Gasteiger partial charge in [0.25, 0.3) is 10.0 Å². The van der Waals surface area contributed by atoms with Crippen LogP contribution in [0.3, 0.4) is 0 Å². The highest BCUT2D eigenvalue weighted by Crippen LogP contribution is 2.31. The highest BCUT2D eigenvalue weighted by Gasteiger charge is 2.29. The molecule has 2 N–H and O–H groups in total. The van der Waals surface area contributed by atoms with Crippen molar-refractivity contribution in [1.29, 1.82) is 0 Å². The Morgan fingerprint density at radius 3 is 2.37 bits per heavy atom. The third-order valence-corrected chi connectivity index (χ3v) is 7.91. The van der Waals surface area contributed by atoms with E-state index in [9.17, 15) is 21.9 Å². The molecule has 1 aliphatic heterocycles. The summed E-state index contributed by atoms with van der Waals surface area (Å²) in [6, 6.07) is 3.53. The van der Waals surface area contributed by atoms with E-state index < -0.39 is 20.0 Å². The molecule has 148 valence electrons. The number of phenolic OH excluding ortho intramolecular Hbond substituents is 1. The Kier molecular flexibility index (Phi) is 5.19. The lowest BCUT2D eigenvalue weighted by molar-refractivity contribution is 0.346. The third-order valence-electron chi connectivity index (χ3n) is 4.40. The number of hydrogen-bond donors (Lipinski definition) is 2. The summed E-state index contributed by atoms with van der Waals surface area (Å²) in [5.41, 5.74) is -0.0651. The van der Waals surface area contributed by atoms with E-state index in [4.69, 9.17) is 4.52 Å². The highest BCUT2D eigenvalue weighted by molar-refractivity contribution is 7.92. The predicted molar refractivity (Wildman–Crippen MR) is 97.5 cm³/mol. The predicted octanol–water partition coefficient (Wildman–Crippen LogP) is 1.97. The summed E-state index contributed by atoms with van der Waals surface area (Å²) in [5.74, 6) is -0.292. The van der Waals surface area contributed by atoms with Crippen molar-refractivity contribution < 1.29 is 26.5 Å². The van der Waals surface area contributed by atoms with Crippen molar-refractivity contribution in [3.63, 3.8) is 0 Å². The van der Waals surface area contributed by atoms with Crippen LogP contribution in [0.5, 0.6) is 5.75 Å². The van der Waals surface area contributed by atoms with Crippen molar-refractivity contribution in [3.05, 3.63) is 29.7 Å². The number of piperidine rings is 1. The molecule has 0 unspecified atom stereocenters. The van der Waals surface area contributed by atoms with Crippen LogP contribution in [0.15, 0.2) is 32.5 Å². The second kappa shape index (κ2) is 7.13. The molecular formula is C16H21N3O6S2. The van der Waals surface area contributed by atoms with Gasteiger partial charge in [0.15, 0.2) is 10.7 Å². The second-order valence-electron chi connectivity index (χ2n) is 6.40. The van der Waals surface area contributed by atoms with Crippen molar-refractivity contribution >= 4 is 25.7 Å². The molecule has 2 aromatic rings. The van der Waals surface area contributed by atoms with E-state index in [0.29, 0.717) is 13.1 Å². The summed E-state index contributed by atoms with van der Waals surface area (Å²) >= 11 is 0. The maximum absolute atomic E-state index is 12.8. The Morgan fingerprint density at radius 1 is 1.11 bits per heavy atom. The van der Waals surface area contributed by atoms with Crippen LogP contribution < -0.4 is 4.72 Å². The number of aromatic hydroxyl groups is 1. The van der Waals surface area contributed by atoms with Crippen molar-refractivity contribution in [1.82, 2.24) is 9.46 Å². The second-order valence-corrected chi connectivity index (χ2v) is 9.96. The van der Waals surface area contributed by atoms with Crippen LogP contribution in [0.4, 0.5) is 5.69 Å². The minimum atomic E-state index is -4.12. The van der Waals surface area contributed by atoms with Gasteiger partial charge in [-0.15, -0.1) is 0 Å². The minimum absolute atomic E-state index is 0.0846. The molecule has 0 spiro atoms. The molecule has 0 aliphatic carbocycles. The smallest absolute Gasteiger partial charge is 0.267 e. The lowest BCUT2D eigenvalue weighted by atomic mass is 10.2. The SMILES string of the molecule is Cc1noc(C)c1S(=O)(=O)Nc1cc(S(=O)(=O)N2CCCCC2)ccc1O. The van der Waals surface area contributed by atoms with Crippen molar-refractivity contribution in [2.45, 2.75) is 42.9 Å². The van der Waals surface area contributed by atoms with E-state index in [-0.39, 0.29) is 32.7 Å². The Labute approximate surface area is 158 Å². The van der Waals surface area contributed by atoms with Crippen LogP contribution >= 0.6 is 0 Å². The van der Waals surface area contributed by atoms with Gasteiger partial charge in [0.1, 0.15) is 11.4 Å². The van der Waals surface area contributed by atoms with Gasteiger partial charge in [-0.1, -0.05) is 11.6 Å². The van der Waals surface area contributed by atoms with E-state index in [1.54, 1.807) is 0 Å².